The molecule has 2 N–H and O–H groups in total. The summed E-state index contributed by atoms with van der Waals surface area (Å²) < 4.78 is 1.54. The van der Waals surface area contributed by atoms with Gasteiger partial charge in [0.15, 0.2) is 4.77 Å². The van der Waals surface area contributed by atoms with Crippen molar-refractivity contribution < 1.29 is 5.11 Å². The first-order valence-electron chi connectivity index (χ1n) is 6.84. The van der Waals surface area contributed by atoms with Gasteiger partial charge in [-0.15, -0.1) is 0 Å². The molecule has 2 rings (SSSR count). The average molecular weight is 296 g/mol. The molecule has 2 heterocycles. The molecular formula is C13H20N4O2S. The van der Waals surface area contributed by atoms with Crippen molar-refractivity contribution in [1.29, 1.82) is 0 Å². The molecule has 0 bridgehead atoms. The molecule has 1 aliphatic rings. The molecule has 0 amide bonds. The number of H-pyrrole nitrogens is 1. The van der Waals surface area contributed by atoms with Crippen LogP contribution in [0.2, 0.25) is 0 Å². The average Bonchev–Trinajstić information content (AvgIpc) is 2.45. The number of aliphatic imine (C=N–C) groups is 1. The minimum absolute atomic E-state index is 0.152. The van der Waals surface area contributed by atoms with Crippen LogP contribution in [0.5, 0.6) is 5.88 Å². The molecule has 1 aromatic heterocycles. The third-order valence-corrected chi connectivity index (χ3v) is 3.92. The first kappa shape index (κ1) is 14.9. The number of nitrogens with zero attached hydrogens (tertiary/aromatic N) is 3. The Hall–Kier alpha value is -1.47. The van der Waals surface area contributed by atoms with Crippen LogP contribution in [0.15, 0.2) is 9.79 Å². The second-order valence-electron chi connectivity index (χ2n) is 4.99. The fourth-order valence-corrected chi connectivity index (χ4v) is 2.46. The normalized spacial score (nSPS) is 16.9. The zero-order valence-electron chi connectivity index (χ0n) is 11.6. The van der Waals surface area contributed by atoms with E-state index in [4.69, 9.17) is 12.2 Å². The molecule has 0 aromatic carbocycles. The van der Waals surface area contributed by atoms with E-state index in [2.05, 4.69) is 14.9 Å². The minimum Gasteiger partial charge on any atom is -0.494 e. The molecule has 1 aromatic rings. The summed E-state index contributed by atoms with van der Waals surface area (Å²) in [7, 11) is 1.60. The zero-order chi connectivity index (χ0) is 14.5. The number of hydrogen-bond donors (Lipinski definition) is 2. The Balaban J connectivity index is 1.99. The number of rotatable bonds is 4. The van der Waals surface area contributed by atoms with Gasteiger partial charge >= 0.3 is 0 Å². The maximum absolute atomic E-state index is 11.7. The summed E-state index contributed by atoms with van der Waals surface area (Å²) in [5, 5.41) is 9.88. The maximum atomic E-state index is 11.7. The van der Waals surface area contributed by atoms with Gasteiger partial charge in [-0.3, -0.25) is 19.3 Å². The highest BCUT2D eigenvalue weighted by molar-refractivity contribution is 7.71. The molecule has 7 heteroatoms. The molecular weight excluding hydrogens is 276 g/mol. The molecule has 0 radical (unpaired) electrons. The van der Waals surface area contributed by atoms with E-state index in [9.17, 15) is 9.90 Å². The number of likely N-dealkylation sites (tertiary alicyclic amines) is 1. The predicted octanol–water partition coefficient (Wildman–Crippen LogP) is 1.05. The van der Waals surface area contributed by atoms with Crippen LogP contribution >= 0.6 is 12.2 Å². The predicted molar refractivity (Wildman–Crippen MR) is 81.3 cm³/mol. The van der Waals surface area contributed by atoms with Gasteiger partial charge in [0.2, 0.25) is 5.88 Å². The fraction of sp³-hybridized carbons (Fsp3) is 0.615. The van der Waals surface area contributed by atoms with Gasteiger partial charge in [0.25, 0.3) is 5.56 Å². The van der Waals surface area contributed by atoms with Crippen LogP contribution in [0.1, 0.15) is 24.8 Å². The van der Waals surface area contributed by atoms with Crippen molar-refractivity contribution in [2.24, 2.45) is 12.0 Å². The van der Waals surface area contributed by atoms with E-state index in [1.54, 1.807) is 7.05 Å². The van der Waals surface area contributed by atoms with Gasteiger partial charge in [0.05, 0.1) is 6.54 Å². The standard InChI is InChI=1S/C13H20N4O2S/c1-16-12(19)10(11(18)15-13(16)20)9-14-5-8-17-6-3-2-4-7-17/h9,19H,2-8H2,1H3,(H,15,18,20). The van der Waals surface area contributed by atoms with E-state index in [1.165, 1.54) is 30.0 Å². The summed E-state index contributed by atoms with van der Waals surface area (Å²) >= 11 is 4.90. The Morgan fingerprint density at radius 1 is 1.40 bits per heavy atom. The summed E-state index contributed by atoms with van der Waals surface area (Å²) in [5.41, 5.74) is -0.257. The first-order valence-corrected chi connectivity index (χ1v) is 7.25. The van der Waals surface area contributed by atoms with Crippen molar-refractivity contribution in [2.75, 3.05) is 26.2 Å². The van der Waals surface area contributed by atoms with Gasteiger partial charge in [-0.25, -0.2) is 0 Å². The van der Waals surface area contributed by atoms with Crippen molar-refractivity contribution in [1.82, 2.24) is 14.5 Å². The summed E-state index contributed by atoms with van der Waals surface area (Å²) in [4.78, 5) is 20.8. The van der Waals surface area contributed by atoms with Crippen LogP contribution in [-0.2, 0) is 7.05 Å². The van der Waals surface area contributed by atoms with E-state index in [-0.39, 0.29) is 16.2 Å². The van der Waals surface area contributed by atoms with Gasteiger partial charge in [0, 0.05) is 19.8 Å². The Morgan fingerprint density at radius 2 is 2.10 bits per heavy atom. The molecule has 0 unspecified atom stereocenters. The topological polar surface area (TPSA) is 73.6 Å². The van der Waals surface area contributed by atoms with E-state index >= 15 is 0 Å². The van der Waals surface area contributed by atoms with Crippen molar-refractivity contribution in [3.05, 3.63) is 20.7 Å². The van der Waals surface area contributed by atoms with Crippen molar-refractivity contribution >= 4 is 18.4 Å². The van der Waals surface area contributed by atoms with E-state index in [0.29, 0.717) is 6.54 Å². The number of piperidine rings is 1. The lowest BCUT2D eigenvalue weighted by Gasteiger charge is -2.25. The van der Waals surface area contributed by atoms with Gasteiger partial charge in [-0.2, -0.15) is 0 Å². The Labute approximate surface area is 122 Å². The van der Waals surface area contributed by atoms with Crippen LogP contribution in [0, 0.1) is 4.77 Å². The van der Waals surface area contributed by atoms with Crippen LogP contribution < -0.4 is 5.56 Å². The van der Waals surface area contributed by atoms with Crippen LogP contribution in [0.25, 0.3) is 0 Å². The number of aromatic amines is 1. The fourth-order valence-electron chi connectivity index (χ4n) is 2.28. The molecule has 1 fully saturated rings. The SMILES string of the molecule is Cn1c(O)c(C=NCCN2CCCCC2)c(=O)[nH]c1=S. The lowest BCUT2D eigenvalue weighted by Crippen LogP contribution is -2.31. The van der Waals surface area contributed by atoms with E-state index in [0.717, 1.165) is 19.6 Å². The summed E-state index contributed by atoms with van der Waals surface area (Å²) in [5.74, 6) is -0.152. The number of aromatic nitrogens is 2. The minimum atomic E-state index is -0.410. The smallest absolute Gasteiger partial charge is 0.264 e. The summed E-state index contributed by atoms with van der Waals surface area (Å²) in [6.45, 7) is 3.76. The summed E-state index contributed by atoms with van der Waals surface area (Å²) in [6, 6.07) is 0. The number of aromatic hydroxyl groups is 1. The summed E-state index contributed by atoms with van der Waals surface area (Å²) in [6.07, 6.45) is 5.24. The van der Waals surface area contributed by atoms with Gasteiger partial charge in [-0.05, 0) is 38.1 Å². The second kappa shape index (κ2) is 6.81. The highest BCUT2D eigenvalue weighted by atomic mass is 32.1. The first-order chi connectivity index (χ1) is 9.59. The van der Waals surface area contributed by atoms with Gasteiger partial charge < -0.3 is 10.0 Å². The highest BCUT2D eigenvalue weighted by Crippen LogP contribution is 2.09. The van der Waals surface area contributed by atoms with Crippen molar-refractivity contribution in [2.45, 2.75) is 19.3 Å². The monoisotopic (exact) mass is 296 g/mol. The third kappa shape index (κ3) is 3.55. The zero-order valence-corrected chi connectivity index (χ0v) is 12.4. The Kier molecular flexibility index (Phi) is 5.08. The number of nitrogens with one attached hydrogen (secondary N) is 1. The molecule has 6 nitrogen and oxygen atoms in total. The van der Waals surface area contributed by atoms with Gasteiger partial charge in [-0.1, -0.05) is 6.42 Å². The molecule has 0 saturated carbocycles. The van der Waals surface area contributed by atoms with Gasteiger partial charge in [0.1, 0.15) is 5.56 Å². The number of hydrogen-bond acceptors (Lipinski definition) is 5. The molecule has 1 aliphatic heterocycles. The highest BCUT2D eigenvalue weighted by Gasteiger charge is 2.09. The quantitative estimate of drug-likeness (QED) is 0.643. The third-order valence-electron chi connectivity index (χ3n) is 3.54. The van der Waals surface area contributed by atoms with Crippen LogP contribution in [-0.4, -0.2) is 52.0 Å². The molecule has 1 saturated heterocycles. The molecule has 0 atom stereocenters. The molecule has 0 spiro atoms. The van der Waals surface area contributed by atoms with Crippen LogP contribution in [0.3, 0.4) is 0 Å². The molecule has 0 aliphatic carbocycles. The Morgan fingerprint density at radius 3 is 2.80 bits per heavy atom. The van der Waals surface area contributed by atoms with Crippen LogP contribution in [0.4, 0.5) is 0 Å². The van der Waals surface area contributed by atoms with Crippen molar-refractivity contribution in [3.63, 3.8) is 0 Å². The van der Waals surface area contributed by atoms with E-state index < -0.39 is 5.56 Å². The molecule has 20 heavy (non-hydrogen) atoms. The second-order valence-corrected chi connectivity index (χ2v) is 5.38. The van der Waals surface area contributed by atoms with Crippen molar-refractivity contribution in [3.8, 4) is 5.88 Å². The largest absolute Gasteiger partial charge is 0.494 e. The maximum Gasteiger partial charge on any atom is 0.264 e. The van der Waals surface area contributed by atoms with E-state index in [1.807, 2.05) is 0 Å². The lowest BCUT2D eigenvalue weighted by atomic mass is 10.1. The Bertz CT molecular complexity index is 599. The lowest BCUT2D eigenvalue weighted by molar-refractivity contribution is 0.235. The molecule has 110 valence electrons.